The topological polar surface area (TPSA) is 53.1 Å². The fourth-order valence-electron chi connectivity index (χ4n) is 2.28. The predicted molar refractivity (Wildman–Crippen MR) is 77.0 cm³/mol. The third-order valence-corrected chi connectivity index (χ3v) is 3.31. The lowest BCUT2D eigenvalue weighted by molar-refractivity contribution is 0.378. The molecule has 4 nitrogen and oxygen atoms in total. The summed E-state index contributed by atoms with van der Waals surface area (Å²) in [6, 6.07) is 8.16. The van der Waals surface area contributed by atoms with Crippen LogP contribution in [0.15, 0.2) is 24.3 Å². The lowest BCUT2D eigenvalue weighted by atomic mass is 10.1. The first-order chi connectivity index (χ1) is 9.19. The first-order valence-electron chi connectivity index (χ1n) is 6.57. The van der Waals surface area contributed by atoms with Crippen molar-refractivity contribution in [2.45, 2.75) is 26.7 Å². The molecule has 0 amide bonds. The van der Waals surface area contributed by atoms with Crippen molar-refractivity contribution < 1.29 is 4.74 Å². The van der Waals surface area contributed by atoms with Crippen LogP contribution in [0.2, 0.25) is 0 Å². The van der Waals surface area contributed by atoms with E-state index in [4.69, 9.17) is 10.5 Å². The fourth-order valence-corrected chi connectivity index (χ4v) is 2.28. The number of aryl methyl sites for hydroxylation is 2. The fraction of sp³-hybridized carbons (Fsp3) is 0.400. The van der Waals surface area contributed by atoms with Gasteiger partial charge in [-0.05, 0) is 44.9 Å². The summed E-state index contributed by atoms with van der Waals surface area (Å²) in [4.78, 5) is 0. The number of methoxy groups -OCH3 is 1. The highest BCUT2D eigenvalue weighted by atomic mass is 16.5. The summed E-state index contributed by atoms with van der Waals surface area (Å²) in [5, 5.41) is 4.62. The van der Waals surface area contributed by atoms with Gasteiger partial charge in [-0.1, -0.05) is 18.2 Å². The van der Waals surface area contributed by atoms with E-state index in [1.807, 2.05) is 23.7 Å². The Balaban J connectivity index is 2.50. The van der Waals surface area contributed by atoms with E-state index in [2.05, 4.69) is 24.2 Å². The molecular formula is C15H21N3O. The van der Waals surface area contributed by atoms with E-state index < -0.39 is 0 Å². The molecule has 1 aromatic carbocycles. The zero-order valence-electron chi connectivity index (χ0n) is 11.8. The van der Waals surface area contributed by atoms with Gasteiger partial charge < -0.3 is 10.5 Å². The molecule has 0 saturated heterocycles. The lowest BCUT2D eigenvalue weighted by Gasteiger charge is -2.10. The zero-order chi connectivity index (χ0) is 13.8. The quantitative estimate of drug-likeness (QED) is 0.897. The van der Waals surface area contributed by atoms with Gasteiger partial charge in [0.1, 0.15) is 0 Å². The van der Waals surface area contributed by atoms with Crippen LogP contribution in [0.3, 0.4) is 0 Å². The van der Waals surface area contributed by atoms with Gasteiger partial charge in [-0.3, -0.25) is 0 Å². The van der Waals surface area contributed by atoms with Crippen molar-refractivity contribution >= 4 is 0 Å². The minimum Gasteiger partial charge on any atom is -0.481 e. The summed E-state index contributed by atoms with van der Waals surface area (Å²) >= 11 is 0. The Kier molecular flexibility index (Phi) is 4.22. The smallest absolute Gasteiger partial charge is 0.219 e. The monoisotopic (exact) mass is 259 g/mol. The van der Waals surface area contributed by atoms with Crippen LogP contribution in [0.5, 0.6) is 5.88 Å². The van der Waals surface area contributed by atoms with E-state index in [-0.39, 0.29) is 0 Å². The van der Waals surface area contributed by atoms with Gasteiger partial charge in [0.15, 0.2) is 0 Å². The molecule has 0 fully saturated rings. The van der Waals surface area contributed by atoms with E-state index in [0.717, 1.165) is 35.7 Å². The second-order valence-corrected chi connectivity index (χ2v) is 4.66. The number of nitrogens with zero attached hydrogens (tertiary/aromatic N) is 2. The highest BCUT2D eigenvalue weighted by molar-refractivity contribution is 5.45. The molecule has 0 saturated carbocycles. The highest BCUT2D eigenvalue weighted by Crippen LogP contribution is 2.28. The third-order valence-electron chi connectivity index (χ3n) is 3.31. The predicted octanol–water partition coefficient (Wildman–Crippen LogP) is 2.39. The Morgan fingerprint density at radius 1 is 1.26 bits per heavy atom. The van der Waals surface area contributed by atoms with Gasteiger partial charge >= 0.3 is 0 Å². The zero-order valence-corrected chi connectivity index (χ0v) is 11.8. The Labute approximate surface area is 114 Å². The maximum Gasteiger partial charge on any atom is 0.219 e. The molecule has 0 aliphatic carbocycles. The molecule has 1 heterocycles. The average molecular weight is 259 g/mol. The number of para-hydroxylation sites is 1. The van der Waals surface area contributed by atoms with Crippen LogP contribution in [0.25, 0.3) is 5.69 Å². The third kappa shape index (κ3) is 2.63. The van der Waals surface area contributed by atoms with Crippen LogP contribution < -0.4 is 10.5 Å². The van der Waals surface area contributed by atoms with Crippen molar-refractivity contribution in [3.8, 4) is 11.6 Å². The molecule has 0 spiro atoms. The molecule has 2 aromatic rings. The number of nitrogens with two attached hydrogens (primary N) is 1. The minimum absolute atomic E-state index is 0.679. The van der Waals surface area contributed by atoms with E-state index in [9.17, 15) is 0 Å². The highest BCUT2D eigenvalue weighted by Gasteiger charge is 2.17. The molecule has 2 rings (SSSR count). The van der Waals surface area contributed by atoms with Crippen molar-refractivity contribution in [2.75, 3.05) is 13.7 Å². The molecule has 0 radical (unpaired) electrons. The normalized spacial score (nSPS) is 10.7. The van der Waals surface area contributed by atoms with Crippen molar-refractivity contribution in [1.29, 1.82) is 0 Å². The average Bonchev–Trinajstić information content (AvgIpc) is 2.73. The Morgan fingerprint density at radius 2 is 2.00 bits per heavy atom. The largest absolute Gasteiger partial charge is 0.481 e. The maximum absolute atomic E-state index is 5.59. The van der Waals surface area contributed by atoms with E-state index >= 15 is 0 Å². The molecule has 0 aliphatic rings. The minimum atomic E-state index is 0.679. The molecule has 0 bridgehead atoms. The van der Waals surface area contributed by atoms with Crippen molar-refractivity contribution in [2.24, 2.45) is 5.73 Å². The van der Waals surface area contributed by atoms with E-state index in [0.29, 0.717) is 6.54 Å². The molecule has 4 heteroatoms. The van der Waals surface area contributed by atoms with Gasteiger partial charge in [-0.25, -0.2) is 4.68 Å². The number of aromatic nitrogens is 2. The summed E-state index contributed by atoms with van der Waals surface area (Å²) in [6.45, 7) is 4.77. The van der Waals surface area contributed by atoms with Crippen LogP contribution in [0, 0.1) is 13.8 Å². The van der Waals surface area contributed by atoms with Gasteiger partial charge in [0, 0.05) is 5.56 Å². The molecule has 0 aliphatic heterocycles. The summed E-state index contributed by atoms with van der Waals surface area (Å²) < 4.78 is 7.45. The van der Waals surface area contributed by atoms with Crippen molar-refractivity contribution in [3.63, 3.8) is 0 Å². The Bertz CT molecular complexity index is 561. The maximum atomic E-state index is 5.59. The first kappa shape index (κ1) is 13.6. The second-order valence-electron chi connectivity index (χ2n) is 4.66. The van der Waals surface area contributed by atoms with Gasteiger partial charge in [0.2, 0.25) is 5.88 Å². The molecule has 0 atom stereocenters. The Hall–Kier alpha value is -1.81. The first-order valence-corrected chi connectivity index (χ1v) is 6.57. The van der Waals surface area contributed by atoms with Crippen molar-refractivity contribution in [1.82, 2.24) is 9.78 Å². The summed E-state index contributed by atoms with van der Waals surface area (Å²) in [5.74, 6) is 0.820. The Morgan fingerprint density at radius 3 is 2.63 bits per heavy atom. The molecule has 0 unspecified atom stereocenters. The van der Waals surface area contributed by atoms with Crippen LogP contribution in [0.1, 0.15) is 23.2 Å². The van der Waals surface area contributed by atoms with Gasteiger partial charge in [0.05, 0.1) is 18.5 Å². The second kappa shape index (κ2) is 5.89. The molecule has 2 N–H and O–H groups in total. The van der Waals surface area contributed by atoms with E-state index in [1.165, 1.54) is 5.56 Å². The standard InChI is InChI=1S/C15H21N3O/c1-11-7-4-5-9-14(11)18-15(19-3)13(8-6-10-16)12(2)17-18/h4-5,7,9H,6,8,10,16H2,1-3H3. The summed E-state index contributed by atoms with van der Waals surface area (Å²) in [5.41, 5.74) is 9.98. The number of hydrogen-bond donors (Lipinski definition) is 1. The SMILES string of the molecule is COc1c(CCCN)c(C)nn1-c1ccccc1C. The van der Waals surface area contributed by atoms with Crippen LogP contribution in [0.4, 0.5) is 0 Å². The lowest BCUT2D eigenvalue weighted by Crippen LogP contribution is -2.04. The number of benzene rings is 1. The van der Waals surface area contributed by atoms with Crippen LogP contribution in [-0.4, -0.2) is 23.4 Å². The number of rotatable bonds is 5. The molecule has 19 heavy (non-hydrogen) atoms. The molecule has 1 aromatic heterocycles. The molecule has 102 valence electrons. The summed E-state index contributed by atoms with van der Waals surface area (Å²) in [6.07, 6.45) is 1.84. The van der Waals surface area contributed by atoms with Gasteiger partial charge in [-0.2, -0.15) is 5.10 Å². The van der Waals surface area contributed by atoms with Crippen LogP contribution >= 0.6 is 0 Å². The van der Waals surface area contributed by atoms with E-state index in [1.54, 1.807) is 7.11 Å². The summed E-state index contributed by atoms with van der Waals surface area (Å²) in [7, 11) is 1.69. The number of hydrogen-bond acceptors (Lipinski definition) is 3. The van der Waals surface area contributed by atoms with Crippen LogP contribution in [-0.2, 0) is 6.42 Å². The van der Waals surface area contributed by atoms with Gasteiger partial charge in [-0.15, -0.1) is 0 Å². The number of ether oxygens (including phenoxy) is 1. The van der Waals surface area contributed by atoms with Crippen molar-refractivity contribution in [3.05, 3.63) is 41.1 Å². The molecular weight excluding hydrogens is 238 g/mol. The van der Waals surface area contributed by atoms with Gasteiger partial charge in [0.25, 0.3) is 0 Å².